The number of carboxylic acid groups (broad SMARTS) is 2. The van der Waals surface area contributed by atoms with Gasteiger partial charge in [0.05, 0.1) is 35.9 Å². The minimum Gasteiger partial charge on any atom is -0.487 e. The molecule has 0 spiro atoms. The maximum atomic E-state index is 15.2. The number of hydrogen-bond acceptors (Lipinski definition) is 6. The predicted octanol–water partition coefficient (Wildman–Crippen LogP) is 2.49. The van der Waals surface area contributed by atoms with Crippen LogP contribution in [0.3, 0.4) is 0 Å². The first-order valence-corrected chi connectivity index (χ1v) is 11.4. The van der Waals surface area contributed by atoms with Crippen molar-refractivity contribution in [1.82, 2.24) is 8.97 Å². The number of fused-ring (bicyclic) bond motifs is 1. The molecule has 1 aromatic carbocycles. The van der Waals surface area contributed by atoms with E-state index in [-0.39, 0.29) is 29.1 Å². The van der Waals surface area contributed by atoms with Gasteiger partial charge in [0, 0.05) is 25.2 Å². The third-order valence-electron chi connectivity index (χ3n) is 5.95. The van der Waals surface area contributed by atoms with Crippen molar-refractivity contribution in [1.29, 1.82) is 0 Å². The highest BCUT2D eigenvalue weighted by atomic mass is 19.4. The van der Waals surface area contributed by atoms with Crippen molar-refractivity contribution < 1.29 is 46.7 Å². The lowest BCUT2D eigenvalue weighted by Crippen LogP contribution is -2.33. The molecule has 1 aliphatic rings. The van der Waals surface area contributed by atoms with Gasteiger partial charge in [0.1, 0.15) is 30.3 Å². The number of hydrogen-bond donors (Lipinski definition) is 4. The van der Waals surface area contributed by atoms with Gasteiger partial charge in [-0.1, -0.05) is 6.07 Å². The van der Waals surface area contributed by atoms with Crippen LogP contribution in [-0.2, 0) is 17.9 Å². The highest BCUT2D eigenvalue weighted by Crippen LogP contribution is 2.41. The van der Waals surface area contributed by atoms with Gasteiger partial charge < -0.3 is 30.6 Å². The summed E-state index contributed by atoms with van der Waals surface area (Å²) in [4.78, 5) is 33.0. The SMILES string of the molecule is Nc1c(F)c(NCCC[n+]2ccn3ccccc32)c2c3c1c(=O)c(C(=O)O)cn3CCO2.O=C(O)C(F)(F)F. The fourth-order valence-electron chi connectivity index (χ4n) is 4.19. The first-order valence-electron chi connectivity index (χ1n) is 11.4. The molecule has 0 aliphatic carbocycles. The second kappa shape index (κ2) is 10.5. The van der Waals surface area contributed by atoms with E-state index in [1.54, 1.807) is 4.57 Å². The average molecular weight is 552 g/mol. The summed E-state index contributed by atoms with van der Waals surface area (Å²) in [5, 5.41) is 19.4. The zero-order chi connectivity index (χ0) is 28.5. The van der Waals surface area contributed by atoms with E-state index in [0.717, 1.165) is 5.65 Å². The van der Waals surface area contributed by atoms with Gasteiger partial charge in [-0.2, -0.15) is 13.2 Å². The molecule has 4 heterocycles. The number of nitrogen functional groups attached to an aromatic ring is 1. The van der Waals surface area contributed by atoms with Crippen LogP contribution in [0.15, 0.2) is 47.8 Å². The first kappa shape index (κ1) is 27.2. The van der Waals surface area contributed by atoms with E-state index >= 15 is 4.39 Å². The second-order valence-electron chi connectivity index (χ2n) is 8.42. The number of nitrogens with one attached hydrogen (secondary N) is 1. The number of rotatable bonds is 6. The molecule has 0 atom stereocenters. The van der Waals surface area contributed by atoms with Gasteiger partial charge in [0.2, 0.25) is 5.43 Å². The van der Waals surface area contributed by atoms with Crippen LogP contribution >= 0.6 is 0 Å². The van der Waals surface area contributed by atoms with Crippen LogP contribution in [0.25, 0.3) is 16.6 Å². The number of carbonyl (C=O) groups is 2. The molecule has 0 bridgehead atoms. The minimum atomic E-state index is -5.08. The summed E-state index contributed by atoms with van der Waals surface area (Å²) in [6.07, 6.45) is 2.79. The van der Waals surface area contributed by atoms with Crippen LogP contribution in [0.1, 0.15) is 16.8 Å². The molecular formula is C24H22F4N5O6+. The highest BCUT2D eigenvalue weighted by Gasteiger charge is 2.38. The van der Waals surface area contributed by atoms with Gasteiger partial charge in [-0.3, -0.25) is 4.79 Å². The molecule has 3 aromatic heterocycles. The number of benzene rings is 1. The van der Waals surface area contributed by atoms with E-state index in [1.807, 2.05) is 41.2 Å². The van der Waals surface area contributed by atoms with Crippen LogP contribution < -0.4 is 25.8 Å². The molecule has 0 saturated carbocycles. The summed E-state index contributed by atoms with van der Waals surface area (Å²) in [5.41, 5.74) is 5.74. The molecule has 0 radical (unpaired) electrons. The molecule has 15 heteroatoms. The number of halogens is 4. The quantitative estimate of drug-likeness (QED) is 0.123. The fraction of sp³-hybridized carbons (Fsp3) is 0.250. The van der Waals surface area contributed by atoms with E-state index in [2.05, 4.69) is 9.88 Å². The van der Waals surface area contributed by atoms with Crippen molar-refractivity contribution in [2.75, 3.05) is 24.2 Å². The van der Waals surface area contributed by atoms with E-state index in [9.17, 15) is 27.9 Å². The predicted molar refractivity (Wildman–Crippen MR) is 129 cm³/mol. The highest BCUT2D eigenvalue weighted by molar-refractivity contribution is 6.03. The Kier molecular flexibility index (Phi) is 7.34. The second-order valence-corrected chi connectivity index (χ2v) is 8.42. The van der Waals surface area contributed by atoms with Gasteiger partial charge in [-0.25, -0.2) is 22.9 Å². The number of alkyl halides is 3. The normalized spacial score (nSPS) is 12.5. The van der Waals surface area contributed by atoms with Crippen LogP contribution in [0.4, 0.5) is 28.9 Å². The number of nitrogens with zero attached hydrogens (tertiary/aromatic N) is 3. The molecule has 0 unspecified atom stereocenters. The zero-order valence-electron chi connectivity index (χ0n) is 20.0. The number of pyridine rings is 2. The molecule has 39 heavy (non-hydrogen) atoms. The fourth-order valence-corrected chi connectivity index (χ4v) is 4.19. The van der Waals surface area contributed by atoms with Gasteiger partial charge in [0.15, 0.2) is 11.6 Å². The Labute approximate surface area is 216 Å². The Hall–Kier alpha value is -4.82. The third kappa shape index (κ3) is 5.28. The lowest BCUT2D eigenvalue weighted by atomic mass is 10.1. The lowest BCUT2D eigenvalue weighted by Gasteiger charge is -2.25. The maximum Gasteiger partial charge on any atom is 0.490 e. The Morgan fingerprint density at radius 2 is 1.92 bits per heavy atom. The number of aromatic nitrogens is 3. The molecule has 0 amide bonds. The Balaban J connectivity index is 0.000000448. The summed E-state index contributed by atoms with van der Waals surface area (Å²) < 4.78 is 58.3. The van der Waals surface area contributed by atoms with Crippen LogP contribution in [0.5, 0.6) is 5.75 Å². The Bertz CT molecular complexity index is 1650. The summed E-state index contributed by atoms with van der Waals surface area (Å²) in [5.74, 6) is -4.78. The average Bonchev–Trinajstić information content (AvgIpc) is 3.29. The number of anilines is 2. The van der Waals surface area contributed by atoms with Gasteiger partial charge in [-0.05, 0) is 6.07 Å². The molecule has 5 rings (SSSR count). The smallest absolute Gasteiger partial charge is 0.487 e. The minimum absolute atomic E-state index is 0.0812. The summed E-state index contributed by atoms with van der Waals surface area (Å²) in [6, 6.07) is 5.94. The Morgan fingerprint density at radius 1 is 1.21 bits per heavy atom. The first-order chi connectivity index (χ1) is 18.4. The lowest BCUT2D eigenvalue weighted by molar-refractivity contribution is -0.671. The van der Waals surface area contributed by atoms with E-state index in [4.69, 9.17) is 20.4 Å². The van der Waals surface area contributed by atoms with Crippen LogP contribution in [-0.4, -0.2) is 50.4 Å². The number of ether oxygens (including phenoxy) is 1. The van der Waals surface area contributed by atoms with Gasteiger partial charge in [0.25, 0.3) is 5.65 Å². The molecule has 4 aromatic rings. The van der Waals surface area contributed by atoms with Crippen molar-refractivity contribution >= 4 is 39.9 Å². The van der Waals surface area contributed by atoms with Gasteiger partial charge >= 0.3 is 18.1 Å². The van der Waals surface area contributed by atoms with Crippen LogP contribution in [0.2, 0.25) is 0 Å². The van der Waals surface area contributed by atoms with Crippen molar-refractivity contribution in [3.63, 3.8) is 0 Å². The summed E-state index contributed by atoms with van der Waals surface area (Å²) in [7, 11) is 0. The van der Waals surface area contributed by atoms with Gasteiger partial charge in [-0.15, -0.1) is 0 Å². The zero-order valence-corrected chi connectivity index (χ0v) is 20.0. The number of carboxylic acids is 2. The number of aromatic carboxylic acids is 1. The van der Waals surface area contributed by atoms with Crippen molar-refractivity contribution in [3.05, 3.63) is 64.6 Å². The monoisotopic (exact) mass is 552 g/mol. The van der Waals surface area contributed by atoms with E-state index in [1.165, 1.54) is 6.20 Å². The van der Waals surface area contributed by atoms with E-state index < -0.39 is 34.9 Å². The van der Waals surface area contributed by atoms with Crippen molar-refractivity contribution in [3.8, 4) is 5.75 Å². The standard InChI is InChI=1S/C22H20FN5O4.C2HF3O2/c23-16-17(24)15-19-21(32-11-10-28(19)12-13(20(15)29)22(30)31)18(16)25-5-3-7-27-9-8-26-6-2-1-4-14(26)27;3-2(4,5)1(6)7/h1-2,4,6,8-9,12H,3,5,7,10-11H2,(H3-,24,25,29,30,31);(H,6,7)/p+1. The largest absolute Gasteiger partial charge is 0.490 e. The Morgan fingerprint density at radius 3 is 2.59 bits per heavy atom. The molecule has 0 saturated heterocycles. The van der Waals surface area contributed by atoms with E-state index in [0.29, 0.717) is 31.6 Å². The summed E-state index contributed by atoms with van der Waals surface area (Å²) >= 11 is 0. The van der Waals surface area contributed by atoms with Crippen LogP contribution in [0, 0.1) is 5.82 Å². The molecule has 1 aliphatic heterocycles. The molecule has 0 fully saturated rings. The molecule has 206 valence electrons. The number of nitrogens with two attached hydrogens (primary N) is 1. The number of aryl methyl sites for hydroxylation is 1. The molecule has 11 nitrogen and oxygen atoms in total. The summed E-state index contributed by atoms with van der Waals surface area (Å²) in [6.45, 7) is 1.69. The third-order valence-corrected chi connectivity index (χ3v) is 5.95. The molecular weight excluding hydrogens is 530 g/mol. The molecule has 5 N–H and O–H groups in total. The maximum absolute atomic E-state index is 15.2. The van der Waals surface area contributed by atoms with Crippen molar-refractivity contribution in [2.24, 2.45) is 0 Å². The number of aliphatic carboxylic acids is 1. The topological polar surface area (TPSA) is 152 Å². The number of imidazole rings is 1. The van der Waals surface area contributed by atoms with Crippen molar-refractivity contribution in [2.45, 2.75) is 25.7 Å².